The molecule has 0 aliphatic rings. The molecule has 0 aliphatic heterocycles. The molecule has 0 spiro atoms. The number of hydrogen-bond acceptors (Lipinski definition) is 4. The molecule has 0 bridgehead atoms. The van der Waals surface area contributed by atoms with Gasteiger partial charge in [0.25, 0.3) is 0 Å². The average Bonchev–Trinajstić information content (AvgIpc) is 2.27. The van der Waals surface area contributed by atoms with Crippen molar-refractivity contribution in [2.75, 3.05) is 18.0 Å². The fourth-order valence-corrected chi connectivity index (χ4v) is 1.53. The van der Waals surface area contributed by atoms with Crippen LogP contribution in [0.25, 0.3) is 0 Å². The van der Waals surface area contributed by atoms with Crippen LogP contribution in [0.4, 0.5) is 10.5 Å². The normalized spacial score (nSPS) is 9.74. The molecule has 0 fully saturated rings. The molecular formula is C11H12ClN3O4. The second-order valence-electron chi connectivity index (χ2n) is 3.64. The molecule has 0 saturated heterocycles. The number of primary amides is 1. The highest BCUT2D eigenvalue weighted by Crippen LogP contribution is 2.17. The van der Waals surface area contributed by atoms with Gasteiger partial charge in [0, 0.05) is 10.7 Å². The Hall–Kier alpha value is -2.28. The monoisotopic (exact) mass is 285 g/mol. The molecule has 0 aliphatic carbocycles. The highest BCUT2D eigenvalue weighted by atomic mass is 35.5. The molecule has 4 N–H and O–H groups in total. The maximum absolute atomic E-state index is 11.4. The van der Waals surface area contributed by atoms with Gasteiger partial charge in [0.1, 0.15) is 6.54 Å². The van der Waals surface area contributed by atoms with Gasteiger partial charge in [0.15, 0.2) is 0 Å². The largest absolute Gasteiger partial charge is 0.480 e. The minimum Gasteiger partial charge on any atom is -0.480 e. The van der Waals surface area contributed by atoms with Crippen molar-refractivity contribution in [3.8, 4) is 0 Å². The van der Waals surface area contributed by atoms with E-state index in [1.807, 2.05) is 5.32 Å². The van der Waals surface area contributed by atoms with E-state index in [1.54, 1.807) is 24.3 Å². The SMILES string of the molecule is NC(=O)NC(=O)CN(CC(=O)O)c1ccc(Cl)cc1. The highest BCUT2D eigenvalue weighted by molar-refractivity contribution is 6.30. The number of urea groups is 1. The summed E-state index contributed by atoms with van der Waals surface area (Å²) in [5, 5.41) is 11.2. The number of amides is 3. The Bertz CT molecular complexity index is 489. The lowest BCUT2D eigenvalue weighted by molar-refractivity contribution is -0.135. The van der Waals surface area contributed by atoms with E-state index in [4.69, 9.17) is 22.4 Å². The Morgan fingerprint density at radius 2 is 1.79 bits per heavy atom. The molecule has 102 valence electrons. The molecule has 0 unspecified atom stereocenters. The number of anilines is 1. The van der Waals surface area contributed by atoms with E-state index >= 15 is 0 Å². The molecule has 3 amide bonds. The molecule has 1 rings (SSSR count). The average molecular weight is 286 g/mol. The Balaban J connectivity index is 2.82. The zero-order valence-corrected chi connectivity index (χ0v) is 10.6. The third kappa shape index (κ3) is 5.26. The summed E-state index contributed by atoms with van der Waals surface area (Å²) in [5.41, 5.74) is 5.30. The molecule has 7 nitrogen and oxygen atoms in total. The first kappa shape index (κ1) is 14.8. The number of aliphatic carboxylic acids is 1. The number of benzene rings is 1. The summed E-state index contributed by atoms with van der Waals surface area (Å²) in [6.45, 7) is -0.704. The number of nitrogens with zero attached hydrogens (tertiary/aromatic N) is 1. The topological polar surface area (TPSA) is 113 Å². The molecule has 1 aromatic rings. The molecule has 0 saturated carbocycles. The van der Waals surface area contributed by atoms with Crippen LogP contribution in [-0.2, 0) is 9.59 Å². The first-order chi connectivity index (χ1) is 8.88. The van der Waals surface area contributed by atoms with Crippen molar-refractivity contribution in [2.24, 2.45) is 5.73 Å². The van der Waals surface area contributed by atoms with Crippen LogP contribution >= 0.6 is 11.6 Å². The van der Waals surface area contributed by atoms with E-state index in [0.717, 1.165) is 0 Å². The van der Waals surface area contributed by atoms with Crippen LogP contribution < -0.4 is 16.0 Å². The summed E-state index contributed by atoms with van der Waals surface area (Å²) < 4.78 is 0. The molecular weight excluding hydrogens is 274 g/mol. The summed E-state index contributed by atoms with van der Waals surface area (Å²) >= 11 is 5.72. The third-order valence-electron chi connectivity index (χ3n) is 2.11. The number of rotatable bonds is 5. The minimum atomic E-state index is -1.11. The Kier molecular flexibility index (Phi) is 5.13. The van der Waals surface area contributed by atoms with Gasteiger partial charge >= 0.3 is 12.0 Å². The first-order valence-electron chi connectivity index (χ1n) is 5.20. The third-order valence-corrected chi connectivity index (χ3v) is 2.37. The van der Waals surface area contributed by atoms with Crippen molar-refractivity contribution in [2.45, 2.75) is 0 Å². The van der Waals surface area contributed by atoms with Gasteiger partial charge in [0.2, 0.25) is 5.91 Å². The van der Waals surface area contributed by atoms with E-state index < -0.39 is 24.5 Å². The molecule has 19 heavy (non-hydrogen) atoms. The van der Waals surface area contributed by atoms with Gasteiger partial charge in [-0.2, -0.15) is 0 Å². The van der Waals surface area contributed by atoms with Gasteiger partial charge in [-0.1, -0.05) is 11.6 Å². The Labute approximate surface area is 113 Å². The number of carboxylic acids is 1. The number of imide groups is 1. The number of carbonyl (C=O) groups excluding carboxylic acids is 2. The fourth-order valence-electron chi connectivity index (χ4n) is 1.40. The van der Waals surface area contributed by atoms with Crippen LogP contribution in [0.3, 0.4) is 0 Å². The minimum absolute atomic E-state index is 0.309. The van der Waals surface area contributed by atoms with E-state index in [9.17, 15) is 14.4 Å². The molecule has 8 heteroatoms. The molecule has 0 aromatic heterocycles. The Morgan fingerprint density at radius 1 is 1.21 bits per heavy atom. The van der Waals surface area contributed by atoms with Crippen molar-refractivity contribution in [3.05, 3.63) is 29.3 Å². The van der Waals surface area contributed by atoms with Crippen LogP contribution in [0.2, 0.25) is 5.02 Å². The summed E-state index contributed by atoms with van der Waals surface area (Å²) in [5.74, 6) is -1.80. The van der Waals surface area contributed by atoms with Crippen LogP contribution in [0.5, 0.6) is 0 Å². The van der Waals surface area contributed by atoms with Crippen molar-refractivity contribution in [3.63, 3.8) is 0 Å². The summed E-state index contributed by atoms with van der Waals surface area (Å²) in [6.07, 6.45) is 0. The van der Waals surface area contributed by atoms with Gasteiger partial charge in [-0.25, -0.2) is 4.79 Å². The zero-order valence-electron chi connectivity index (χ0n) is 9.80. The standard InChI is InChI=1S/C11H12ClN3O4/c12-7-1-3-8(4-2-7)15(6-10(17)18)5-9(16)14-11(13)19/h1-4H,5-6H2,(H,17,18)(H3,13,14,16,19). The van der Waals surface area contributed by atoms with Gasteiger partial charge < -0.3 is 15.7 Å². The summed E-state index contributed by atoms with van der Waals surface area (Å²) in [6, 6.07) is 5.29. The molecule has 0 atom stereocenters. The second kappa shape index (κ2) is 6.60. The lowest BCUT2D eigenvalue weighted by Crippen LogP contribution is -2.43. The maximum atomic E-state index is 11.4. The lowest BCUT2D eigenvalue weighted by atomic mass is 10.3. The number of hydrogen-bond donors (Lipinski definition) is 3. The van der Waals surface area contributed by atoms with E-state index in [0.29, 0.717) is 10.7 Å². The van der Waals surface area contributed by atoms with Crippen molar-refractivity contribution in [1.29, 1.82) is 0 Å². The predicted molar refractivity (Wildman–Crippen MR) is 69.0 cm³/mol. The number of carboxylic acid groups (broad SMARTS) is 1. The van der Waals surface area contributed by atoms with Crippen molar-refractivity contribution in [1.82, 2.24) is 5.32 Å². The molecule has 0 heterocycles. The van der Waals surface area contributed by atoms with Gasteiger partial charge in [-0.15, -0.1) is 0 Å². The van der Waals surface area contributed by atoms with Crippen LogP contribution in [-0.4, -0.2) is 36.1 Å². The second-order valence-corrected chi connectivity index (χ2v) is 4.08. The Morgan fingerprint density at radius 3 is 2.26 bits per heavy atom. The highest BCUT2D eigenvalue weighted by Gasteiger charge is 2.15. The van der Waals surface area contributed by atoms with Crippen LogP contribution in [0, 0.1) is 0 Å². The van der Waals surface area contributed by atoms with Crippen LogP contribution in [0.15, 0.2) is 24.3 Å². The van der Waals surface area contributed by atoms with E-state index in [-0.39, 0.29) is 6.54 Å². The van der Waals surface area contributed by atoms with Crippen LogP contribution in [0.1, 0.15) is 0 Å². The summed E-state index contributed by atoms with van der Waals surface area (Å²) in [7, 11) is 0. The van der Waals surface area contributed by atoms with E-state index in [1.165, 1.54) is 4.90 Å². The molecule has 0 radical (unpaired) electrons. The van der Waals surface area contributed by atoms with Gasteiger partial charge in [-0.3, -0.25) is 14.9 Å². The smallest absolute Gasteiger partial charge is 0.323 e. The number of halogens is 1. The quantitative estimate of drug-likeness (QED) is 0.726. The van der Waals surface area contributed by atoms with E-state index in [2.05, 4.69) is 0 Å². The molecule has 1 aromatic carbocycles. The summed E-state index contributed by atoms with van der Waals surface area (Å²) in [4.78, 5) is 34.0. The van der Waals surface area contributed by atoms with Crippen molar-refractivity contribution >= 4 is 35.2 Å². The van der Waals surface area contributed by atoms with Gasteiger partial charge in [-0.05, 0) is 24.3 Å². The fraction of sp³-hybridized carbons (Fsp3) is 0.182. The number of nitrogens with two attached hydrogens (primary N) is 1. The zero-order chi connectivity index (χ0) is 14.4. The number of carbonyl (C=O) groups is 3. The number of nitrogens with one attached hydrogen (secondary N) is 1. The van der Waals surface area contributed by atoms with Gasteiger partial charge in [0.05, 0.1) is 6.54 Å². The van der Waals surface area contributed by atoms with Crippen molar-refractivity contribution < 1.29 is 19.5 Å². The predicted octanol–water partition coefficient (Wildman–Crippen LogP) is 0.426. The maximum Gasteiger partial charge on any atom is 0.323 e. The first-order valence-corrected chi connectivity index (χ1v) is 5.58. The lowest BCUT2D eigenvalue weighted by Gasteiger charge is -2.21.